The molecule has 0 aliphatic carbocycles. The van der Waals surface area contributed by atoms with Crippen molar-refractivity contribution in [1.29, 1.82) is 0 Å². The van der Waals surface area contributed by atoms with Gasteiger partial charge in [-0.1, -0.05) is 42.0 Å². The summed E-state index contributed by atoms with van der Waals surface area (Å²) in [5, 5.41) is 0. The van der Waals surface area contributed by atoms with Crippen LogP contribution in [0.3, 0.4) is 0 Å². The first kappa shape index (κ1) is 11.4. The van der Waals surface area contributed by atoms with Gasteiger partial charge < -0.3 is 0 Å². The Balaban J connectivity index is 3.20. The third kappa shape index (κ3) is 3.21. The molecule has 0 amide bonds. The maximum absolute atomic E-state index is 11.0. The molecule has 0 bridgehead atoms. The van der Waals surface area contributed by atoms with Gasteiger partial charge in [-0.25, -0.2) is 0 Å². The lowest BCUT2D eigenvalue weighted by atomic mass is 10.0. The van der Waals surface area contributed by atoms with Crippen molar-refractivity contribution in [2.24, 2.45) is 0 Å². The van der Waals surface area contributed by atoms with Crippen molar-refractivity contribution in [1.82, 2.24) is 0 Å². The Labute approximate surface area is 91.1 Å². The Bertz CT molecular complexity index is 393. The van der Waals surface area contributed by atoms with Crippen LogP contribution in [0.15, 0.2) is 47.6 Å². The van der Waals surface area contributed by atoms with Crippen molar-refractivity contribution in [3.8, 4) is 0 Å². The predicted molar refractivity (Wildman–Crippen MR) is 64.5 cm³/mol. The largest absolute Gasteiger partial charge is 0.298 e. The molecule has 78 valence electrons. The van der Waals surface area contributed by atoms with Crippen LogP contribution in [0.25, 0.3) is 5.57 Å². The van der Waals surface area contributed by atoms with E-state index in [1.54, 1.807) is 0 Å². The molecule has 0 aromatic heterocycles. The van der Waals surface area contributed by atoms with Gasteiger partial charge in [0.15, 0.2) is 6.29 Å². The van der Waals surface area contributed by atoms with Gasteiger partial charge in [0.05, 0.1) is 0 Å². The van der Waals surface area contributed by atoms with Crippen LogP contribution in [0.4, 0.5) is 0 Å². The molecule has 0 heterocycles. The molecule has 1 rings (SSSR count). The first-order valence-corrected chi connectivity index (χ1v) is 5.01. The van der Waals surface area contributed by atoms with Crippen LogP contribution < -0.4 is 0 Å². The second-order valence-corrected chi connectivity index (χ2v) is 3.80. The molecule has 0 saturated carbocycles. The second kappa shape index (κ2) is 5.30. The zero-order valence-electron chi connectivity index (χ0n) is 9.45. The van der Waals surface area contributed by atoms with E-state index in [2.05, 4.69) is 0 Å². The molecule has 1 aromatic rings. The smallest absolute Gasteiger partial charge is 0.150 e. The first-order valence-electron chi connectivity index (χ1n) is 5.01. The van der Waals surface area contributed by atoms with Crippen LogP contribution in [0.2, 0.25) is 0 Å². The summed E-state index contributed by atoms with van der Waals surface area (Å²) in [6, 6.07) is 9.73. The summed E-state index contributed by atoms with van der Waals surface area (Å²) in [6.45, 7) is 6.01. The number of carbonyl (C=O) groups is 1. The van der Waals surface area contributed by atoms with Gasteiger partial charge in [0.2, 0.25) is 0 Å². The Morgan fingerprint density at radius 2 is 1.67 bits per heavy atom. The van der Waals surface area contributed by atoms with Crippen molar-refractivity contribution in [2.75, 3.05) is 0 Å². The van der Waals surface area contributed by atoms with Crippen LogP contribution in [0.5, 0.6) is 0 Å². The number of carbonyl (C=O) groups excluding carboxylic acids is 1. The lowest BCUT2D eigenvalue weighted by molar-refractivity contribution is -0.103. The summed E-state index contributed by atoms with van der Waals surface area (Å²) in [7, 11) is 0. The van der Waals surface area contributed by atoms with Crippen molar-refractivity contribution < 1.29 is 4.79 Å². The maximum Gasteiger partial charge on any atom is 0.150 e. The highest BCUT2D eigenvalue weighted by Gasteiger charge is 2.02. The van der Waals surface area contributed by atoms with Crippen LogP contribution in [-0.2, 0) is 4.79 Å². The fourth-order valence-corrected chi connectivity index (χ4v) is 1.52. The highest BCUT2D eigenvalue weighted by atomic mass is 16.1. The fraction of sp³-hybridized carbons (Fsp3) is 0.214. The molecule has 15 heavy (non-hydrogen) atoms. The number of benzene rings is 1. The van der Waals surface area contributed by atoms with Gasteiger partial charge in [0.1, 0.15) is 0 Å². The number of rotatable bonds is 3. The van der Waals surface area contributed by atoms with Crippen molar-refractivity contribution in [3.63, 3.8) is 0 Å². The Morgan fingerprint density at radius 3 is 2.13 bits per heavy atom. The average Bonchev–Trinajstić information content (AvgIpc) is 2.19. The summed E-state index contributed by atoms with van der Waals surface area (Å²) < 4.78 is 0. The van der Waals surface area contributed by atoms with Gasteiger partial charge in [-0.15, -0.1) is 0 Å². The van der Waals surface area contributed by atoms with E-state index in [9.17, 15) is 4.79 Å². The monoisotopic (exact) mass is 200 g/mol. The second-order valence-electron chi connectivity index (χ2n) is 3.80. The molecular weight excluding hydrogens is 184 g/mol. The van der Waals surface area contributed by atoms with Gasteiger partial charge in [-0.3, -0.25) is 4.79 Å². The molecule has 1 heteroatoms. The lowest BCUT2D eigenvalue weighted by Crippen LogP contribution is -1.89. The number of allylic oxidation sites excluding steroid dienone is 4. The first-order chi connectivity index (χ1) is 7.15. The highest BCUT2D eigenvalue weighted by molar-refractivity contribution is 6.08. The predicted octanol–water partition coefficient (Wildman–Crippen LogP) is 3.63. The molecule has 0 aliphatic heterocycles. The Kier molecular flexibility index (Phi) is 4.04. The molecule has 0 radical (unpaired) electrons. The number of aldehydes is 1. The van der Waals surface area contributed by atoms with Gasteiger partial charge >= 0.3 is 0 Å². The van der Waals surface area contributed by atoms with Gasteiger partial charge in [-0.05, 0) is 31.9 Å². The molecule has 0 saturated heterocycles. The van der Waals surface area contributed by atoms with E-state index in [1.807, 2.05) is 57.2 Å². The molecule has 0 fully saturated rings. The standard InChI is InChI=1S/C14H16O/c1-11(2)9-12(3)14(10-15)13-7-5-4-6-8-13/h4-10H,1-3H3/b14-12+. The minimum atomic E-state index is 0.761. The lowest BCUT2D eigenvalue weighted by Gasteiger charge is -2.03. The molecular formula is C14H16O. The molecule has 0 spiro atoms. The summed E-state index contributed by atoms with van der Waals surface area (Å²) in [6.07, 6.45) is 2.95. The van der Waals surface area contributed by atoms with Crippen molar-refractivity contribution >= 4 is 11.9 Å². The van der Waals surface area contributed by atoms with E-state index in [1.165, 1.54) is 5.57 Å². The van der Waals surface area contributed by atoms with E-state index < -0.39 is 0 Å². The number of hydrogen-bond acceptors (Lipinski definition) is 1. The summed E-state index contributed by atoms with van der Waals surface area (Å²) in [5.41, 5.74) is 3.94. The van der Waals surface area contributed by atoms with Crippen LogP contribution in [-0.4, -0.2) is 6.29 Å². The fourth-order valence-electron chi connectivity index (χ4n) is 1.52. The normalized spacial score (nSPS) is 11.7. The Morgan fingerprint density at radius 1 is 1.07 bits per heavy atom. The van der Waals surface area contributed by atoms with E-state index in [4.69, 9.17) is 0 Å². The summed E-state index contributed by atoms with van der Waals surface area (Å²) in [5.74, 6) is 0. The molecule has 1 nitrogen and oxygen atoms in total. The zero-order chi connectivity index (χ0) is 11.3. The number of hydrogen-bond donors (Lipinski definition) is 0. The van der Waals surface area contributed by atoms with E-state index in [0.29, 0.717) is 0 Å². The molecule has 0 N–H and O–H groups in total. The van der Waals surface area contributed by atoms with Gasteiger partial charge in [0, 0.05) is 5.57 Å². The molecule has 0 atom stereocenters. The molecule has 1 aromatic carbocycles. The van der Waals surface area contributed by atoms with Crippen molar-refractivity contribution in [2.45, 2.75) is 20.8 Å². The summed E-state index contributed by atoms with van der Waals surface area (Å²) in [4.78, 5) is 11.0. The average molecular weight is 200 g/mol. The minimum absolute atomic E-state index is 0.761. The van der Waals surface area contributed by atoms with E-state index in [-0.39, 0.29) is 0 Å². The van der Waals surface area contributed by atoms with Crippen LogP contribution >= 0.6 is 0 Å². The summed E-state index contributed by atoms with van der Waals surface area (Å²) >= 11 is 0. The topological polar surface area (TPSA) is 17.1 Å². The van der Waals surface area contributed by atoms with Gasteiger partial charge in [0.25, 0.3) is 0 Å². The maximum atomic E-state index is 11.0. The zero-order valence-corrected chi connectivity index (χ0v) is 9.45. The van der Waals surface area contributed by atoms with Crippen LogP contribution in [0.1, 0.15) is 26.3 Å². The highest BCUT2D eigenvalue weighted by Crippen LogP contribution is 2.17. The van der Waals surface area contributed by atoms with Crippen LogP contribution in [0, 0.1) is 0 Å². The Hall–Kier alpha value is -1.63. The molecule has 0 aliphatic rings. The SMILES string of the molecule is CC(C)=C/C(C)=C(\C=O)c1ccccc1. The minimum Gasteiger partial charge on any atom is -0.298 e. The van der Waals surface area contributed by atoms with Gasteiger partial charge in [-0.2, -0.15) is 0 Å². The third-order valence-electron chi connectivity index (χ3n) is 2.13. The van der Waals surface area contributed by atoms with E-state index in [0.717, 1.165) is 23.0 Å². The van der Waals surface area contributed by atoms with E-state index >= 15 is 0 Å². The quantitative estimate of drug-likeness (QED) is 0.413. The third-order valence-corrected chi connectivity index (χ3v) is 2.13. The van der Waals surface area contributed by atoms with Crippen molar-refractivity contribution in [3.05, 3.63) is 53.1 Å². The molecule has 0 unspecified atom stereocenters.